The Kier molecular flexibility index (Phi) is 7.17. The van der Waals surface area contributed by atoms with Crippen molar-refractivity contribution in [1.29, 1.82) is 0 Å². The zero-order valence-electron chi connectivity index (χ0n) is 21.5. The van der Waals surface area contributed by atoms with Gasteiger partial charge in [0.05, 0.1) is 11.0 Å². The van der Waals surface area contributed by atoms with Gasteiger partial charge in [-0.3, -0.25) is 9.97 Å². The molecule has 0 unspecified atom stereocenters. The molecule has 35 heavy (non-hydrogen) atoms. The normalized spacial score (nSPS) is 13.2. The second kappa shape index (κ2) is 10.6. The first-order valence-corrected chi connectivity index (χ1v) is 13.4. The van der Waals surface area contributed by atoms with E-state index in [2.05, 4.69) is 73.9 Å². The Bertz CT molecular complexity index is 1340. The third-order valence-corrected chi connectivity index (χ3v) is 7.27. The SMILES string of the molecule is CCc1cc(NCCCCCNc2c3c(nc4ccc(C)cc24)CCCC3)c2cc(C)ccc2n1. The summed E-state index contributed by atoms with van der Waals surface area (Å²) in [5, 5.41) is 10.1. The molecule has 0 atom stereocenters. The fraction of sp³-hybridized carbons (Fsp3) is 0.419. The highest BCUT2D eigenvalue weighted by molar-refractivity contribution is 5.94. The standard InChI is InChI=1S/C31H38N4/c1-4-23-20-30(25-18-21(2)12-14-28(25)34-23)32-16-8-5-9-17-33-31-24-10-6-7-11-27(24)35-29-15-13-22(3)19-26(29)31/h12-15,18-20H,4-11,16-17H2,1-3H3,(H,32,34)(H,33,35). The first-order chi connectivity index (χ1) is 17.1. The number of rotatable bonds is 9. The molecule has 0 saturated carbocycles. The Balaban J connectivity index is 1.18. The van der Waals surface area contributed by atoms with Gasteiger partial charge in [0.15, 0.2) is 0 Å². The van der Waals surface area contributed by atoms with E-state index in [9.17, 15) is 0 Å². The Labute approximate surface area is 209 Å². The van der Waals surface area contributed by atoms with Gasteiger partial charge >= 0.3 is 0 Å². The Morgan fingerprint density at radius 1 is 0.743 bits per heavy atom. The Hall–Kier alpha value is -3.14. The lowest BCUT2D eigenvalue weighted by Gasteiger charge is -2.22. The molecule has 1 aliphatic rings. The summed E-state index contributed by atoms with van der Waals surface area (Å²) in [4.78, 5) is 9.80. The third-order valence-electron chi connectivity index (χ3n) is 7.27. The number of nitrogens with zero attached hydrogens (tertiary/aromatic N) is 2. The number of hydrogen-bond acceptors (Lipinski definition) is 4. The van der Waals surface area contributed by atoms with Crippen molar-refractivity contribution in [2.75, 3.05) is 23.7 Å². The molecule has 0 bridgehead atoms. The molecule has 182 valence electrons. The molecule has 0 aliphatic heterocycles. The molecule has 0 spiro atoms. The number of hydrogen-bond donors (Lipinski definition) is 2. The van der Waals surface area contributed by atoms with Crippen molar-refractivity contribution in [1.82, 2.24) is 9.97 Å². The summed E-state index contributed by atoms with van der Waals surface area (Å²) in [6.45, 7) is 8.49. The van der Waals surface area contributed by atoms with E-state index in [1.807, 2.05) is 0 Å². The van der Waals surface area contributed by atoms with Crippen LogP contribution in [0.3, 0.4) is 0 Å². The molecule has 0 radical (unpaired) electrons. The maximum atomic E-state index is 5.00. The van der Waals surface area contributed by atoms with E-state index in [1.54, 1.807) is 0 Å². The van der Waals surface area contributed by atoms with Crippen molar-refractivity contribution in [3.63, 3.8) is 0 Å². The predicted octanol–water partition coefficient (Wildman–Crippen LogP) is 7.54. The van der Waals surface area contributed by atoms with Gasteiger partial charge in [-0.1, -0.05) is 30.2 Å². The van der Waals surface area contributed by atoms with Gasteiger partial charge in [0.2, 0.25) is 0 Å². The van der Waals surface area contributed by atoms with Gasteiger partial charge in [0, 0.05) is 46.6 Å². The van der Waals surface area contributed by atoms with Crippen LogP contribution in [0.15, 0.2) is 42.5 Å². The first-order valence-electron chi connectivity index (χ1n) is 13.4. The summed E-state index contributed by atoms with van der Waals surface area (Å²) in [6, 6.07) is 15.4. The van der Waals surface area contributed by atoms with Crippen LogP contribution in [0.4, 0.5) is 11.4 Å². The highest BCUT2D eigenvalue weighted by Gasteiger charge is 2.18. The van der Waals surface area contributed by atoms with Crippen molar-refractivity contribution in [3.8, 4) is 0 Å². The number of nitrogens with one attached hydrogen (secondary N) is 2. The molecule has 0 amide bonds. The number of unbranched alkanes of at least 4 members (excludes halogenated alkanes) is 2. The summed E-state index contributed by atoms with van der Waals surface area (Å²) < 4.78 is 0. The molecule has 0 fully saturated rings. The highest BCUT2D eigenvalue weighted by Crippen LogP contribution is 2.34. The van der Waals surface area contributed by atoms with Crippen molar-refractivity contribution in [2.24, 2.45) is 0 Å². The minimum Gasteiger partial charge on any atom is -0.384 e. The number of pyridine rings is 2. The first kappa shape index (κ1) is 23.6. The van der Waals surface area contributed by atoms with E-state index in [-0.39, 0.29) is 0 Å². The Morgan fingerprint density at radius 2 is 1.43 bits per heavy atom. The quantitative estimate of drug-likeness (QED) is 0.250. The maximum Gasteiger partial charge on any atom is 0.0726 e. The zero-order chi connectivity index (χ0) is 24.2. The van der Waals surface area contributed by atoms with E-state index in [4.69, 9.17) is 9.97 Å². The van der Waals surface area contributed by atoms with Crippen LogP contribution < -0.4 is 10.6 Å². The molecule has 4 heteroatoms. The average molecular weight is 467 g/mol. The van der Waals surface area contributed by atoms with E-state index >= 15 is 0 Å². The summed E-state index contributed by atoms with van der Waals surface area (Å²) in [6.07, 6.45) is 9.28. The highest BCUT2D eigenvalue weighted by atomic mass is 14.9. The second-order valence-electron chi connectivity index (χ2n) is 10.1. The van der Waals surface area contributed by atoms with Crippen molar-refractivity contribution in [2.45, 2.75) is 72.1 Å². The van der Waals surface area contributed by atoms with Crippen LogP contribution in [0.1, 0.15) is 67.1 Å². The number of aromatic nitrogens is 2. The summed E-state index contributed by atoms with van der Waals surface area (Å²) in [5.41, 5.74) is 11.3. The predicted molar refractivity (Wildman–Crippen MR) is 150 cm³/mol. The maximum absolute atomic E-state index is 5.00. The summed E-state index contributed by atoms with van der Waals surface area (Å²) >= 11 is 0. The van der Waals surface area contributed by atoms with Gasteiger partial charge in [-0.15, -0.1) is 0 Å². The zero-order valence-corrected chi connectivity index (χ0v) is 21.5. The van der Waals surface area contributed by atoms with E-state index in [0.717, 1.165) is 55.5 Å². The molecular weight excluding hydrogens is 428 g/mol. The van der Waals surface area contributed by atoms with Crippen LogP contribution in [0.2, 0.25) is 0 Å². The molecular formula is C31H38N4. The molecule has 2 heterocycles. The van der Waals surface area contributed by atoms with Crippen LogP contribution in [0.5, 0.6) is 0 Å². The van der Waals surface area contributed by atoms with Crippen LogP contribution in [-0.2, 0) is 19.3 Å². The van der Waals surface area contributed by atoms with Gasteiger partial charge in [-0.25, -0.2) is 0 Å². The monoisotopic (exact) mass is 466 g/mol. The van der Waals surface area contributed by atoms with Crippen molar-refractivity contribution >= 4 is 33.2 Å². The van der Waals surface area contributed by atoms with E-state index < -0.39 is 0 Å². The van der Waals surface area contributed by atoms with Crippen molar-refractivity contribution < 1.29 is 0 Å². The lowest BCUT2D eigenvalue weighted by atomic mass is 9.92. The van der Waals surface area contributed by atoms with Gasteiger partial charge in [-0.2, -0.15) is 0 Å². The lowest BCUT2D eigenvalue weighted by Crippen LogP contribution is -2.12. The van der Waals surface area contributed by atoms with Crippen LogP contribution >= 0.6 is 0 Å². The summed E-state index contributed by atoms with van der Waals surface area (Å²) in [7, 11) is 0. The van der Waals surface area contributed by atoms with Gasteiger partial charge in [0.1, 0.15) is 0 Å². The van der Waals surface area contributed by atoms with Gasteiger partial charge < -0.3 is 10.6 Å². The lowest BCUT2D eigenvalue weighted by molar-refractivity contribution is 0.670. The molecule has 2 aromatic heterocycles. The van der Waals surface area contributed by atoms with Gasteiger partial charge in [0.25, 0.3) is 0 Å². The molecule has 4 nitrogen and oxygen atoms in total. The van der Waals surface area contributed by atoms with E-state index in [1.165, 1.54) is 70.2 Å². The number of anilines is 2. The number of benzene rings is 2. The topological polar surface area (TPSA) is 49.8 Å². The van der Waals surface area contributed by atoms with E-state index in [0.29, 0.717) is 0 Å². The average Bonchev–Trinajstić information content (AvgIpc) is 2.87. The summed E-state index contributed by atoms with van der Waals surface area (Å²) in [5.74, 6) is 0. The minimum atomic E-state index is 0.955. The van der Waals surface area contributed by atoms with Crippen LogP contribution in [0.25, 0.3) is 21.8 Å². The Morgan fingerprint density at radius 3 is 2.20 bits per heavy atom. The smallest absolute Gasteiger partial charge is 0.0726 e. The van der Waals surface area contributed by atoms with Crippen molar-refractivity contribution in [3.05, 3.63) is 70.5 Å². The molecule has 1 aliphatic carbocycles. The largest absolute Gasteiger partial charge is 0.384 e. The fourth-order valence-electron chi connectivity index (χ4n) is 5.32. The molecule has 0 saturated heterocycles. The molecule has 2 aromatic carbocycles. The number of aryl methyl sites for hydroxylation is 4. The molecule has 4 aromatic rings. The molecule has 2 N–H and O–H groups in total. The van der Waals surface area contributed by atoms with Crippen LogP contribution in [0, 0.1) is 13.8 Å². The van der Waals surface area contributed by atoms with Crippen LogP contribution in [-0.4, -0.2) is 23.1 Å². The number of fused-ring (bicyclic) bond motifs is 3. The minimum absolute atomic E-state index is 0.955. The van der Waals surface area contributed by atoms with Gasteiger partial charge in [-0.05, 0) is 101 Å². The second-order valence-corrected chi connectivity index (χ2v) is 10.1. The molecule has 5 rings (SSSR count). The third kappa shape index (κ3) is 5.27. The fourth-order valence-corrected chi connectivity index (χ4v) is 5.32.